The highest BCUT2D eigenvalue weighted by molar-refractivity contribution is 5.60. The van der Waals surface area contributed by atoms with Gasteiger partial charge < -0.3 is 0 Å². The van der Waals surface area contributed by atoms with Crippen molar-refractivity contribution in [3.8, 4) is 11.3 Å². The highest BCUT2D eigenvalue weighted by Crippen LogP contribution is 2.26. The first-order chi connectivity index (χ1) is 8.52. The van der Waals surface area contributed by atoms with E-state index in [2.05, 4.69) is 62.7 Å². The first-order valence-corrected chi connectivity index (χ1v) is 6.67. The lowest BCUT2D eigenvalue weighted by atomic mass is 10.1. The lowest BCUT2D eigenvalue weighted by Gasteiger charge is -2.22. The number of aryl methyl sites for hydroxylation is 1. The molecule has 1 heterocycles. The summed E-state index contributed by atoms with van der Waals surface area (Å²) < 4.78 is 2.15. The topological polar surface area (TPSA) is 17.8 Å². The number of rotatable bonds is 3. The first-order valence-electron chi connectivity index (χ1n) is 6.67. The number of benzene rings is 1. The number of hydrogen-bond acceptors (Lipinski definition) is 1. The molecule has 0 unspecified atom stereocenters. The lowest BCUT2D eigenvalue weighted by molar-refractivity contribution is 0.357. The van der Waals surface area contributed by atoms with Crippen LogP contribution in [0, 0.1) is 0 Å². The minimum absolute atomic E-state index is 0.0111. The summed E-state index contributed by atoms with van der Waals surface area (Å²) in [4.78, 5) is 0. The zero-order valence-electron chi connectivity index (χ0n) is 11.8. The Morgan fingerprint density at radius 3 is 2.33 bits per heavy atom. The average molecular weight is 242 g/mol. The van der Waals surface area contributed by atoms with Gasteiger partial charge in [0.15, 0.2) is 0 Å². The summed E-state index contributed by atoms with van der Waals surface area (Å²) in [7, 11) is 0. The van der Waals surface area contributed by atoms with Gasteiger partial charge in [-0.2, -0.15) is 5.10 Å². The van der Waals surface area contributed by atoms with Gasteiger partial charge in [-0.25, -0.2) is 0 Å². The van der Waals surface area contributed by atoms with E-state index in [9.17, 15) is 0 Å². The summed E-state index contributed by atoms with van der Waals surface area (Å²) >= 11 is 0. The van der Waals surface area contributed by atoms with E-state index >= 15 is 0 Å². The summed E-state index contributed by atoms with van der Waals surface area (Å²) in [6.45, 7) is 8.78. The monoisotopic (exact) mass is 242 g/mol. The Balaban J connectivity index is 2.51. The van der Waals surface area contributed by atoms with E-state index in [1.807, 2.05) is 6.07 Å². The molecule has 0 saturated carbocycles. The van der Waals surface area contributed by atoms with Crippen molar-refractivity contribution in [3.63, 3.8) is 0 Å². The Kier molecular flexibility index (Phi) is 3.55. The van der Waals surface area contributed by atoms with Gasteiger partial charge in [0.25, 0.3) is 0 Å². The van der Waals surface area contributed by atoms with Crippen LogP contribution in [0.4, 0.5) is 0 Å². The SMILES string of the molecule is CCCc1cc(-c2ccccc2)n(C(C)(C)C)n1. The van der Waals surface area contributed by atoms with Crippen LogP contribution in [0.2, 0.25) is 0 Å². The molecule has 2 heteroatoms. The second-order valence-electron chi connectivity index (χ2n) is 5.72. The van der Waals surface area contributed by atoms with Crippen molar-refractivity contribution in [1.29, 1.82) is 0 Å². The molecule has 0 amide bonds. The molecule has 1 aromatic heterocycles. The van der Waals surface area contributed by atoms with Gasteiger partial charge in [0.1, 0.15) is 0 Å². The van der Waals surface area contributed by atoms with Gasteiger partial charge in [0.05, 0.1) is 16.9 Å². The van der Waals surface area contributed by atoms with Gasteiger partial charge in [-0.15, -0.1) is 0 Å². The zero-order chi connectivity index (χ0) is 13.2. The minimum atomic E-state index is 0.0111. The summed E-state index contributed by atoms with van der Waals surface area (Å²) in [5.74, 6) is 0. The van der Waals surface area contributed by atoms with Gasteiger partial charge in [0.2, 0.25) is 0 Å². The van der Waals surface area contributed by atoms with Crippen LogP contribution in [0.1, 0.15) is 39.8 Å². The Morgan fingerprint density at radius 1 is 1.11 bits per heavy atom. The highest BCUT2D eigenvalue weighted by Gasteiger charge is 2.20. The normalized spacial score (nSPS) is 11.8. The van der Waals surface area contributed by atoms with Crippen molar-refractivity contribution in [1.82, 2.24) is 9.78 Å². The fraction of sp³-hybridized carbons (Fsp3) is 0.438. The predicted octanol–water partition coefficient (Wildman–Crippen LogP) is 4.26. The second-order valence-corrected chi connectivity index (χ2v) is 5.72. The molecule has 2 aromatic rings. The van der Waals surface area contributed by atoms with E-state index in [1.54, 1.807) is 0 Å². The van der Waals surface area contributed by atoms with Crippen LogP contribution in [0.5, 0.6) is 0 Å². The maximum atomic E-state index is 4.76. The van der Waals surface area contributed by atoms with Crippen LogP contribution >= 0.6 is 0 Å². The molecule has 0 N–H and O–H groups in total. The van der Waals surface area contributed by atoms with Gasteiger partial charge >= 0.3 is 0 Å². The number of hydrogen-bond donors (Lipinski definition) is 0. The largest absolute Gasteiger partial charge is 0.259 e. The Bertz CT molecular complexity index is 504. The van der Waals surface area contributed by atoms with Crippen LogP contribution in [0.25, 0.3) is 11.3 Å². The van der Waals surface area contributed by atoms with Crippen LogP contribution in [0.15, 0.2) is 36.4 Å². The van der Waals surface area contributed by atoms with Crippen LogP contribution < -0.4 is 0 Å². The molecule has 2 nitrogen and oxygen atoms in total. The molecule has 0 aliphatic carbocycles. The predicted molar refractivity (Wildman–Crippen MR) is 76.7 cm³/mol. The number of nitrogens with zero attached hydrogens (tertiary/aromatic N) is 2. The Hall–Kier alpha value is -1.57. The van der Waals surface area contributed by atoms with Gasteiger partial charge in [-0.05, 0) is 38.8 Å². The molecule has 0 aliphatic rings. The minimum Gasteiger partial charge on any atom is -0.259 e. The van der Waals surface area contributed by atoms with E-state index in [0.29, 0.717) is 0 Å². The van der Waals surface area contributed by atoms with Crippen molar-refractivity contribution in [3.05, 3.63) is 42.1 Å². The van der Waals surface area contributed by atoms with E-state index in [0.717, 1.165) is 12.8 Å². The molecule has 18 heavy (non-hydrogen) atoms. The molecule has 0 bridgehead atoms. The Morgan fingerprint density at radius 2 is 1.78 bits per heavy atom. The summed E-state index contributed by atoms with van der Waals surface area (Å²) in [6.07, 6.45) is 2.18. The Labute approximate surface area is 110 Å². The van der Waals surface area contributed by atoms with Crippen molar-refractivity contribution < 1.29 is 0 Å². The zero-order valence-corrected chi connectivity index (χ0v) is 11.8. The molecular formula is C16H22N2. The van der Waals surface area contributed by atoms with E-state index in [4.69, 9.17) is 5.10 Å². The quantitative estimate of drug-likeness (QED) is 0.786. The van der Waals surface area contributed by atoms with Crippen molar-refractivity contribution in [2.45, 2.75) is 46.1 Å². The summed E-state index contributed by atoms with van der Waals surface area (Å²) in [6, 6.07) is 12.7. The molecule has 0 saturated heterocycles. The number of aromatic nitrogens is 2. The highest BCUT2D eigenvalue weighted by atomic mass is 15.3. The van der Waals surface area contributed by atoms with Crippen molar-refractivity contribution in [2.24, 2.45) is 0 Å². The molecule has 0 atom stereocenters. The van der Waals surface area contributed by atoms with Crippen molar-refractivity contribution >= 4 is 0 Å². The van der Waals surface area contributed by atoms with E-state index in [-0.39, 0.29) is 5.54 Å². The van der Waals surface area contributed by atoms with Crippen LogP contribution in [-0.4, -0.2) is 9.78 Å². The van der Waals surface area contributed by atoms with Crippen LogP contribution in [0.3, 0.4) is 0 Å². The second kappa shape index (κ2) is 4.97. The molecular weight excluding hydrogens is 220 g/mol. The van der Waals surface area contributed by atoms with Gasteiger partial charge in [-0.3, -0.25) is 4.68 Å². The molecule has 2 rings (SSSR count). The van der Waals surface area contributed by atoms with E-state index < -0.39 is 0 Å². The van der Waals surface area contributed by atoms with E-state index in [1.165, 1.54) is 17.0 Å². The molecule has 0 aliphatic heterocycles. The average Bonchev–Trinajstić information content (AvgIpc) is 2.75. The van der Waals surface area contributed by atoms with Crippen LogP contribution in [-0.2, 0) is 12.0 Å². The maximum Gasteiger partial charge on any atom is 0.0691 e. The lowest BCUT2D eigenvalue weighted by Crippen LogP contribution is -2.24. The molecule has 96 valence electrons. The summed E-state index contributed by atoms with van der Waals surface area (Å²) in [5, 5.41) is 4.76. The van der Waals surface area contributed by atoms with Gasteiger partial charge in [-0.1, -0.05) is 43.7 Å². The molecule has 1 aromatic carbocycles. The fourth-order valence-electron chi connectivity index (χ4n) is 2.13. The molecule has 0 radical (unpaired) electrons. The first kappa shape index (κ1) is 12.9. The maximum absolute atomic E-state index is 4.76. The summed E-state index contributed by atoms with van der Waals surface area (Å²) in [5.41, 5.74) is 3.65. The standard InChI is InChI=1S/C16H22N2/c1-5-9-14-12-15(13-10-7-6-8-11-13)18(17-14)16(2,3)4/h6-8,10-12H,5,9H2,1-4H3. The fourth-order valence-corrected chi connectivity index (χ4v) is 2.13. The smallest absolute Gasteiger partial charge is 0.0691 e. The third-order valence-corrected chi connectivity index (χ3v) is 2.97. The van der Waals surface area contributed by atoms with Gasteiger partial charge in [0, 0.05) is 0 Å². The van der Waals surface area contributed by atoms with Crippen molar-refractivity contribution in [2.75, 3.05) is 0 Å². The molecule has 0 fully saturated rings. The third kappa shape index (κ3) is 2.63. The molecule has 0 spiro atoms. The third-order valence-electron chi connectivity index (χ3n) is 2.97.